The number of carbonyl (C=O) groups excluding carboxylic acids is 2. The van der Waals surface area contributed by atoms with E-state index in [9.17, 15) is 9.59 Å². The number of nitrogens with zero attached hydrogens (tertiary/aromatic N) is 1. The van der Waals surface area contributed by atoms with Gasteiger partial charge in [0.05, 0.1) is 35.3 Å². The van der Waals surface area contributed by atoms with Crippen LogP contribution in [0.3, 0.4) is 0 Å². The van der Waals surface area contributed by atoms with Gasteiger partial charge in [-0.05, 0) is 44.5 Å². The van der Waals surface area contributed by atoms with Gasteiger partial charge < -0.3 is 9.47 Å². The lowest BCUT2D eigenvalue weighted by Crippen LogP contribution is -2.39. The van der Waals surface area contributed by atoms with E-state index in [2.05, 4.69) is 0 Å². The normalized spacial score (nSPS) is 36.5. The van der Waals surface area contributed by atoms with E-state index in [4.69, 9.17) is 9.47 Å². The molecule has 0 N–H and O–H groups in total. The zero-order valence-electron chi connectivity index (χ0n) is 14.1. The van der Waals surface area contributed by atoms with Crippen LogP contribution >= 0.6 is 0 Å². The van der Waals surface area contributed by atoms with Gasteiger partial charge in [0.25, 0.3) is 0 Å². The molecule has 0 unspecified atom stereocenters. The minimum absolute atomic E-state index is 0.178. The summed E-state index contributed by atoms with van der Waals surface area (Å²) in [5, 5.41) is 0. The van der Waals surface area contributed by atoms with Crippen molar-refractivity contribution in [2.75, 3.05) is 11.5 Å². The van der Waals surface area contributed by atoms with Gasteiger partial charge in [-0.25, -0.2) is 4.90 Å². The van der Waals surface area contributed by atoms with Crippen LogP contribution in [0.1, 0.15) is 27.2 Å². The predicted molar refractivity (Wildman–Crippen MR) is 88.7 cm³/mol. The van der Waals surface area contributed by atoms with Crippen LogP contribution in [0.25, 0.3) is 0 Å². The topological polar surface area (TPSA) is 55.8 Å². The molecule has 1 aromatic rings. The zero-order chi connectivity index (χ0) is 17.1. The first-order valence-electron chi connectivity index (χ1n) is 8.41. The molecular formula is C19H21NO4. The number of amides is 2. The maximum atomic E-state index is 13.0. The fourth-order valence-electron chi connectivity index (χ4n) is 4.20. The number of fused-ring (bicyclic) bond motifs is 5. The summed E-state index contributed by atoms with van der Waals surface area (Å²) in [6.07, 6.45) is 4.77. The van der Waals surface area contributed by atoms with Gasteiger partial charge in [0.1, 0.15) is 5.75 Å². The summed E-state index contributed by atoms with van der Waals surface area (Å²) >= 11 is 0. The van der Waals surface area contributed by atoms with Crippen molar-refractivity contribution in [1.82, 2.24) is 0 Å². The standard InChI is InChI=1S/C19H21NO4/c1-4-11-23-13-7-5-12(6-8-13)20-16(21)14-15(17(20)22)19(3)10-9-18(14,2)24-19/h5-10,14-15H,4,11H2,1-3H3/t14-,15+,18-,19-/m1/s1. The molecule has 2 bridgehead atoms. The lowest BCUT2D eigenvalue weighted by Gasteiger charge is -2.25. The van der Waals surface area contributed by atoms with Gasteiger partial charge in [-0.1, -0.05) is 19.1 Å². The number of rotatable bonds is 4. The van der Waals surface area contributed by atoms with Crippen molar-refractivity contribution < 1.29 is 19.1 Å². The highest BCUT2D eigenvalue weighted by molar-refractivity contribution is 6.23. The molecule has 5 heteroatoms. The fraction of sp³-hybridized carbons (Fsp3) is 0.474. The quantitative estimate of drug-likeness (QED) is 0.630. The van der Waals surface area contributed by atoms with Gasteiger partial charge in [0.15, 0.2) is 0 Å². The molecule has 0 saturated carbocycles. The highest BCUT2D eigenvalue weighted by Crippen LogP contribution is 2.57. The predicted octanol–water partition coefficient (Wildman–Crippen LogP) is 2.70. The third kappa shape index (κ3) is 1.91. The van der Waals surface area contributed by atoms with Gasteiger partial charge in [0, 0.05) is 0 Å². The van der Waals surface area contributed by atoms with Crippen molar-refractivity contribution in [3.8, 4) is 5.75 Å². The molecule has 5 nitrogen and oxygen atoms in total. The third-order valence-corrected chi connectivity index (χ3v) is 5.29. The molecule has 0 radical (unpaired) electrons. The van der Waals surface area contributed by atoms with Crippen LogP contribution in [0, 0.1) is 11.8 Å². The van der Waals surface area contributed by atoms with Crippen molar-refractivity contribution in [2.45, 2.75) is 38.4 Å². The van der Waals surface area contributed by atoms with E-state index in [-0.39, 0.29) is 11.8 Å². The highest BCUT2D eigenvalue weighted by Gasteiger charge is 2.70. The van der Waals surface area contributed by atoms with Crippen LogP contribution in [-0.2, 0) is 14.3 Å². The molecule has 0 spiro atoms. The summed E-state index contributed by atoms with van der Waals surface area (Å²) in [6, 6.07) is 7.13. The SMILES string of the molecule is CCCOc1ccc(N2C(=O)[C@@H]3[C@H](C2=O)[C@@]2(C)C=C[C@@]3(C)O2)cc1. The van der Waals surface area contributed by atoms with Gasteiger partial charge >= 0.3 is 0 Å². The second kappa shape index (κ2) is 4.93. The van der Waals surface area contributed by atoms with E-state index in [1.807, 2.05) is 32.9 Å². The summed E-state index contributed by atoms with van der Waals surface area (Å²) in [5.74, 6) is -0.512. The number of benzene rings is 1. The van der Waals surface area contributed by atoms with E-state index < -0.39 is 23.0 Å². The van der Waals surface area contributed by atoms with Gasteiger partial charge in [-0.15, -0.1) is 0 Å². The molecule has 3 aliphatic rings. The number of ether oxygens (including phenoxy) is 2. The maximum absolute atomic E-state index is 13.0. The molecule has 2 fully saturated rings. The number of carbonyl (C=O) groups is 2. The lowest BCUT2D eigenvalue weighted by molar-refractivity contribution is -0.128. The summed E-state index contributed by atoms with van der Waals surface area (Å²) in [6.45, 7) is 6.45. The second-order valence-electron chi connectivity index (χ2n) is 7.11. The fourth-order valence-corrected chi connectivity index (χ4v) is 4.20. The molecule has 4 atom stereocenters. The van der Waals surface area contributed by atoms with Crippen LogP contribution in [0.5, 0.6) is 5.75 Å². The smallest absolute Gasteiger partial charge is 0.241 e. The molecular weight excluding hydrogens is 306 g/mol. The van der Waals surface area contributed by atoms with Crippen molar-refractivity contribution in [3.63, 3.8) is 0 Å². The molecule has 3 aliphatic heterocycles. The van der Waals surface area contributed by atoms with Crippen molar-refractivity contribution in [3.05, 3.63) is 36.4 Å². The number of imide groups is 1. The minimum atomic E-state index is -0.689. The Morgan fingerprint density at radius 3 is 2.08 bits per heavy atom. The van der Waals surface area contributed by atoms with Gasteiger partial charge in [-0.3, -0.25) is 9.59 Å². The first-order valence-corrected chi connectivity index (χ1v) is 8.41. The second-order valence-corrected chi connectivity index (χ2v) is 7.11. The Morgan fingerprint density at radius 1 is 1.04 bits per heavy atom. The molecule has 126 valence electrons. The Balaban J connectivity index is 1.64. The van der Waals surface area contributed by atoms with Crippen molar-refractivity contribution in [1.29, 1.82) is 0 Å². The molecule has 4 rings (SSSR count). The zero-order valence-corrected chi connectivity index (χ0v) is 14.1. The Bertz CT molecular complexity index is 704. The molecule has 0 aliphatic carbocycles. The van der Waals surface area contributed by atoms with Crippen LogP contribution < -0.4 is 9.64 Å². The summed E-state index contributed by atoms with van der Waals surface area (Å²) in [5.41, 5.74) is -0.786. The van der Waals surface area contributed by atoms with Gasteiger partial charge in [-0.2, -0.15) is 0 Å². The van der Waals surface area contributed by atoms with Crippen LogP contribution in [-0.4, -0.2) is 29.6 Å². The largest absolute Gasteiger partial charge is 0.494 e. The van der Waals surface area contributed by atoms with Crippen molar-refractivity contribution >= 4 is 17.5 Å². The Hall–Kier alpha value is -2.14. The van der Waals surface area contributed by atoms with E-state index in [0.29, 0.717) is 12.3 Å². The lowest BCUT2D eigenvalue weighted by atomic mass is 9.73. The molecule has 0 aromatic heterocycles. The Morgan fingerprint density at radius 2 is 1.58 bits per heavy atom. The number of hydrogen-bond donors (Lipinski definition) is 0. The van der Waals surface area contributed by atoms with E-state index in [1.165, 1.54) is 4.90 Å². The van der Waals surface area contributed by atoms with E-state index >= 15 is 0 Å². The summed E-state index contributed by atoms with van der Waals surface area (Å²) in [7, 11) is 0. The Labute approximate surface area is 141 Å². The van der Waals surface area contributed by atoms with E-state index in [0.717, 1.165) is 12.2 Å². The molecule has 1 aromatic carbocycles. The van der Waals surface area contributed by atoms with Crippen LogP contribution in [0.2, 0.25) is 0 Å². The minimum Gasteiger partial charge on any atom is -0.494 e. The van der Waals surface area contributed by atoms with Gasteiger partial charge in [0.2, 0.25) is 11.8 Å². The average Bonchev–Trinajstić information content (AvgIpc) is 3.10. The number of anilines is 1. The molecule has 2 amide bonds. The van der Waals surface area contributed by atoms with Crippen LogP contribution in [0.15, 0.2) is 36.4 Å². The molecule has 3 heterocycles. The monoisotopic (exact) mass is 327 g/mol. The first-order chi connectivity index (χ1) is 11.4. The summed E-state index contributed by atoms with van der Waals surface area (Å²) < 4.78 is 11.6. The Kier molecular flexibility index (Phi) is 3.16. The first kappa shape index (κ1) is 15.4. The molecule has 24 heavy (non-hydrogen) atoms. The van der Waals surface area contributed by atoms with Crippen molar-refractivity contribution in [2.24, 2.45) is 11.8 Å². The van der Waals surface area contributed by atoms with E-state index in [1.54, 1.807) is 24.3 Å². The highest BCUT2D eigenvalue weighted by atomic mass is 16.5. The maximum Gasteiger partial charge on any atom is 0.241 e. The summed E-state index contributed by atoms with van der Waals surface area (Å²) in [4.78, 5) is 27.2. The van der Waals surface area contributed by atoms with Crippen LogP contribution in [0.4, 0.5) is 5.69 Å². The number of hydrogen-bond acceptors (Lipinski definition) is 4. The third-order valence-electron chi connectivity index (χ3n) is 5.29. The molecule has 2 saturated heterocycles. The average molecular weight is 327 g/mol.